The predicted molar refractivity (Wildman–Crippen MR) is 98.7 cm³/mol. The van der Waals surface area contributed by atoms with Gasteiger partial charge >= 0.3 is 0 Å². The summed E-state index contributed by atoms with van der Waals surface area (Å²) in [5.74, 6) is -0.176. The molecule has 130 valence electrons. The number of non-ortho nitro benzene ring substituents is 1. The molecule has 0 aromatic heterocycles. The highest BCUT2D eigenvalue weighted by atomic mass is 16.6. The van der Waals surface area contributed by atoms with Crippen LogP contribution in [0.5, 0.6) is 0 Å². The standard InChI is InChI=1S/C18H20N4O3/c1-13(20-21-15-9-11-16(12-10-15)22(24)25)18(2,3)17(23)19-14-7-5-4-6-8-14/h4-12,21H,1-3H3,(H,19,23). The number of hydrogen-bond acceptors (Lipinski definition) is 5. The minimum absolute atomic E-state index is 0.00817. The van der Waals surface area contributed by atoms with Crippen molar-refractivity contribution < 1.29 is 9.72 Å². The molecule has 0 aliphatic carbocycles. The third kappa shape index (κ3) is 4.63. The summed E-state index contributed by atoms with van der Waals surface area (Å²) >= 11 is 0. The van der Waals surface area contributed by atoms with Crippen LogP contribution in [0.1, 0.15) is 20.8 Å². The van der Waals surface area contributed by atoms with Crippen LogP contribution >= 0.6 is 0 Å². The van der Waals surface area contributed by atoms with Gasteiger partial charge in [-0.25, -0.2) is 0 Å². The van der Waals surface area contributed by atoms with Crippen molar-refractivity contribution in [1.29, 1.82) is 0 Å². The maximum absolute atomic E-state index is 12.5. The minimum Gasteiger partial charge on any atom is -0.325 e. The first-order valence-corrected chi connectivity index (χ1v) is 7.72. The molecule has 0 saturated heterocycles. The highest BCUT2D eigenvalue weighted by Crippen LogP contribution is 2.22. The quantitative estimate of drug-likeness (QED) is 0.471. The van der Waals surface area contributed by atoms with Crippen LogP contribution in [0.25, 0.3) is 0 Å². The summed E-state index contributed by atoms with van der Waals surface area (Å²) in [6, 6.07) is 15.1. The van der Waals surface area contributed by atoms with Crippen LogP contribution in [0.3, 0.4) is 0 Å². The van der Waals surface area contributed by atoms with Crippen molar-refractivity contribution in [2.24, 2.45) is 10.5 Å². The second-order valence-electron chi connectivity index (χ2n) is 6.06. The molecule has 0 bridgehead atoms. The molecule has 0 aliphatic heterocycles. The van der Waals surface area contributed by atoms with Crippen LogP contribution in [0.2, 0.25) is 0 Å². The maximum atomic E-state index is 12.5. The molecule has 7 nitrogen and oxygen atoms in total. The lowest BCUT2D eigenvalue weighted by Gasteiger charge is -2.23. The molecule has 2 aromatic rings. The second kappa shape index (κ2) is 7.57. The molecule has 1 amide bonds. The van der Waals surface area contributed by atoms with Gasteiger partial charge < -0.3 is 5.32 Å². The Bertz CT molecular complexity index is 784. The molecule has 0 aliphatic rings. The molecular weight excluding hydrogens is 320 g/mol. The number of nitrogens with zero attached hydrogens (tertiary/aromatic N) is 2. The fourth-order valence-corrected chi connectivity index (χ4v) is 1.92. The Labute approximate surface area is 145 Å². The number of nitrogens with one attached hydrogen (secondary N) is 2. The van der Waals surface area contributed by atoms with Gasteiger partial charge in [-0.2, -0.15) is 5.10 Å². The van der Waals surface area contributed by atoms with Crippen LogP contribution in [0.15, 0.2) is 59.7 Å². The minimum atomic E-state index is -0.830. The molecule has 25 heavy (non-hydrogen) atoms. The molecule has 2 rings (SSSR count). The summed E-state index contributed by atoms with van der Waals surface area (Å²) in [5.41, 5.74) is 3.90. The van der Waals surface area contributed by atoms with E-state index < -0.39 is 10.3 Å². The van der Waals surface area contributed by atoms with E-state index >= 15 is 0 Å². The second-order valence-corrected chi connectivity index (χ2v) is 6.06. The Morgan fingerprint density at radius 1 is 1.04 bits per heavy atom. The first-order chi connectivity index (χ1) is 11.8. The molecular formula is C18H20N4O3. The largest absolute Gasteiger partial charge is 0.325 e. The van der Waals surface area contributed by atoms with Crippen molar-refractivity contribution in [3.8, 4) is 0 Å². The van der Waals surface area contributed by atoms with E-state index in [1.807, 2.05) is 30.3 Å². The predicted octanol–water partition coefficient (Wildman–Crippen LogP) is 4.05. The zero-order valence-electron chi connectivity index (χ0n) is 14.3. The van der Waals surface area contributed by atoms with E-state index in [0.29, 0.717) is 11.4 Å². The molecule has 2 N–H and O–H groups in total. The number of anilines is 2. The highest BCUT2D eigenvalue weighted by Gasteiger charge is 2.31. The first-order valence-electron chi connectivity index (χ1n) is 7.72. The summed E-state index contributed by atoms with van der Waals surface area (Å²) in [6.45, 7) is 5.31. The number of nitro benzene ring substituents is 1. The number of nitro groups is 1. The third-order valence-corrected chi connectivity index (χ3v) is 3.93. The average molecular weight is 340 g/mol. The number of carbonyl (C=O) groups is 1. The van der Waals surface area contributed by atoms with Gasteiger partial charge in [0.05, 0.1) is 21.7 Å². The van der Waals surface area contributed by atoms with Gasteiger partial charge in [0.25, 0.3) is 5.69 Å². The SMILES string of the molecule is CC(=NNc1ccc([N+](=O)[O-])cc1)C(C)(C)C(=O)Nc1ccccc1. The zero-order valence-corrected chi connectivity index (χ0v) is 14.3. The van der Waals surface area contributed by atoms with E-state index in [1.54, 1.807) is 32.9 Å². The summed E-state index contributed by atoms with van der Waals surface area (Å²) < 4.78 is 0. The van der Waals surface area contributed by atoms with Crippen molar-refractivity contribution >= 4 is 28.7 Å². The Morgan fingerprint density at radius 3 is 2.20 bits per heavy atom. The Kier molecular flexibility index (Phi) is 5.49. The highest BCUT2D eigenvalue weighted by molar-refractivity contribution is 6.11. The lowest BCUT2D eigenvalue weighted by molar-refractivity contribution is -0.384. The Hall–Kier alpha value is -3.22. The normalized spacial score (nSPS) is 11.7. The lowest BCUT2D eigenvalue weighted by atomic mass is 9.87. The molecule has 0 fully saturated rings. The monoisotopic (exact) mass is 340 g/mol. The maximum Gasteiger partial charge on any atom is 0.269 e. The molecule has 0 saturated carbocycles. The molecule has 7 heteroatoms. The smallest absolute Gasteiger partial charge is 0.269 e. The van der Waals surface area contributed by atoms with E-state index in [4.69, 9.17) is 0 Å². The number of rotatable bonds is 6. The van der Waals surface area contributed by atoms with Crippen LogP contribution < -0.4 is 10.7 Å². The summed E-state index contributed by atoms with van der Waals surface area (Å²) in [4.78, 5) is 22.7. The Balaban J connectivity index is 2.05. The van der Waals surface area contributed by atoms with Crippen LogP contribution in [-0.4, -0.2) is 16.5 Å². The van der Waals surface area contributed by atoms with E-state index in [-0.39, 0.29) is 11.6 Å². The van der Waals surface area contributed by atoms with Gasteiger partial charge in [0.2, 0.25) is 5.91 Å². The van der Waals surface area contributed by atoms with Crippen molar-refractivity contribution in [3.05, 3.63) is 64.7 Å². The van der Waals surface area contributed by atoms with Gasteiger partial charge in [0, 0.05) is 17.8 Å². The first kappa shape index (κ1) is 18.1. The number of carbonyl (C=O) groups excluding carboxylic acids is 1. The van der Waals surface area contributed by atoms with Gasteiger partial charge in [-0.1, -0.05) is 18.2 Å². The van der Waals surface area contributed by atoms with E-state index in [9.17, 15) is 14.9 Å². The molecule has 0 spiro atoms. The number of benzene rings is 2. The number of hydrazone groups is 1. The summed E-state index contributed by atoms with van der Waals surface area (Å²) in [7, 11) is 0. The van der Waals surface area contributed by atoms with Gasteiger partial charge in [0.15, 0.2) is 0 Å². The van der Waals surface area contributed by atoms with Crippen molar-refractivity contribution in [2.45, 2.75) is 20.8 Å². The zero-order chi connectivity index (χ0) is 18.4. The van der Waals surface area contributed by atoms with Gasteiger partial charge in [-0.05, 0) is 45.0 Å². The van der Waals surface area contributed by atoms with Crippen molar-refractivity contribution in [1.82, 2.24) is 0 Å². The van der Waals surface area contributed by atoms with Gasteiger partial charge in [-0.3, -0.25) is 20.3 Å². The fraction of sp³-hybridized carbons (Fsp3) is 0.222. The molecule has 0 radical (unpaired) electrons. The van der Waals surface area contributed by atoms with Crippen molar-refractivity contribution in [2.75, 3.05) is 10.7 Å². The summed E-state index contributed by atoms with van der Waals surface area (Å²) in [5, 5.41) is 17.7. The number of para-hydroxylation sites is 1. The number of hydrogen-bond donors (Lipinski definition) is 2. The van der Waals surface area contributed by atoms with Crippen LogP contribution in [0.4, 0.5) is 17.1 Å². The van der Waals surface area contributed by atoms with Gasteiger partial charge in [-0.15, -0.1) is 0 Å². The Morgan fingerprint density at radius 2 is 1.64 bits per heavy atom. The van der Waals surface area contributed by atoms with E-state index in [2.05, 4.69) is 15.8 Å². The molecule has 0 atom stereocenters. The lowest BCUT2D eigenvalue weighted by Crippen LogP contribution is -2.37. The topological polar surface area (TPSA) is 96.6 Å². The van der Waals surface area contributed by atoms with Crippen molar-refractivity contribution in [3.63, 3.8) is 0 Å². The van der Waals surface area contributed by atoms with E-state index in [0.717, 1.165) is 5.69 Å². The summed E-state index contributed by atoms with van der Waals surface area (Å²) in [6.07, 6.45) is 0. The number of amides is 1. The average Bonchev–Trinajstić information content (AvgIpc) is 2.60. The fourth-order valence-electron chi connectivity index (χ4n) is 1.92. The molecule has 0 unspecified atom stereocenters. The molecule has 2 aromatic carbocycles. The third-order valence-electron chi connectivity index (χ3n) is 3.93. The van der Waals surface area contributed by atoms with Crippen LogP contribution in [-0.2, 0) is 4.79 Å². The molecule has 0 heterocycles. The van der Waals surface area contributed by atoms with E-state index in [1.165, 1.54) is 12.1 Å². The van der Waals surface area contributed by atoms with Crippen LogP contribution in [0, 0.1) is 15.5 Å². The van der Waals surface area contributed by atoms with Gasteiger partial charge in [0.1, 0.15) is 0 Å².